The number of rotatable bonds is 3. The van der Waals surface area contributed by atoms with E-state index in [1.165, 1.54) is 12.1 Å². The standard InChI is InChI=1S/C14H12BrCl2NO2S/c1-8-5-10(15)3-4-13(8)18-21(19,20)14-7-12(17)11(16)6-9(14)2/h3-7,18H,1-2H3. The zero-order valence-corrected chi connectivity index (χ0v) is 15.2. The third kappa shape index (κ3) is 3.72. The molecule has 7 heteroatoms. The van der Waals surface area contributed by atoms with Crippen LogP contribution in [0.1, 0.15) is 11.1 Å². The molecule has 0 spiro atoms. The molecule has 0 aliphatic rings. The van der Waals surface area contributed by atoms with Crippen LogP contribution in [0.5, 0.6) is 0 Å². The largest absolute Gasteiger partial charge is 0.279 e. The minimum Gasteiger partial charge on any atom is -0.279 e. The van der Waals surface area contributed by atoms with E-state index in [9.17, 15) is 8.42 Å². The van der Waals surface area contributed by atoms with E-state index in [1.807, 2.05) is 13.0 Å². The molecule has 2 aromatic rings. The third-order valence-corrected chi connectivity index (χ3v) is 5.66. The van der Waals surface area contributed by atoms with Gasteiger partial charge in [-0.15, -0.1) is 0 Å². The Bertz CT molecular complexity index is 807. The first kappa shape index (κ1) is 16.6. The van der Waals surface area contributed by atoms with Crippen molar-refractivity contribution < 1.29 is 8.42 Å². The van der Waals surface area contributed by atoms with Crippen LogP contribution >= 0.6 is 39.1 Å². The highest BCUT2D eigenvalue weighted by Crippen LogP contribution is 2.30. The monoisotopic (exact) mass is 407 g/mol. The number of halogens is 3. The number of sulfonamides is 1. The molecule has 0 saturated carbocycles. The van der Waals surface area contributed by atoms with E-state index < -0.39 is 10.0 Å². The maximum Gasteiger partial charge on any atom is 0.262 e. The van der Waals surface area contributed by atoms with Gasteiger partial charge in [-0.1, -0.05) is 39.1 Å². The predicted molar refractivity (Wildman–Crippen MR) is 90.9 cm³/mol. The molecule has 0 aromatic heterocycles. The van der Waals surface area contributed by atoms with Crippen molar-refractivity contribution in [3.05, 3.63) is 56.0 Å². The molecule has 0 radical (unpaired) electrons. The van der Waals surface area contributed by atoms with Crippen molar-refractivity contribution >= 4 is 54.8 Å². The highest BCUT2D eigenvalue weighted by molar-refractivity contribution is 9.10. The summed E-state index contributed by atoms with van der Waals surface area (Å²) in [6.45, 7) is 3.50. The van der Waals surface area contributed by atoms with Gasteiger partial charge < -0.3 is 0 Å². The lowest BCUT2D eigenvalue weighted by Crippen LogP contribution is -2.15. The molecule has 2 rings (SSSR count). The summed E-state index contributed by atoms with van der Waals surface area (Å²) in [5.41, 5.74) is 1.86. The van der Waals surface area contributed by atoms with Crippen molar-refractivity contribution in [3.8, 4) is 0 Å². The molecule has 2 aromatic carbocycles. The highest BCUT2D eigenvalue weighted by atomic mass is 79.9. The SMILES string of the molecule is Cc1cc(Br)ccc1NS(=O)(=O)c1cc(Cl)c(Cl)cc1C. The van der Waals surface area contributed by atoms with Gasteiger partial charge in [0.15, 0.2) is 0 Å². The van der Waals surface area contributed by atoms with Crippen molar-refractivity contribution in [1.29, 1.82) is 0 Å². The summed E-state index contributed by atoms with van der Waals surface area (Å²) in [5.74, 6) is 0. The van der Waals surface area contributed by atoms with Gasteiger partial charge in [-0.2, -0.15) is 0 Å². The number of aryl methyl sites for hydroxylation is 2. The number of nitrogens with one attached hydrogen (secondary N) is 1. The maximum atomic E-state index is 12.5. The minimum absolute atomic E-state index is 0.110. The molecule has 0 fully saturated rings. The first-order valence-corrected chi connectivity index (χ1v) is 8.98. The lowest BCUT2D eigenvalue weighted by atomic mass is 10.2. The lowest BCUT2D eigenvalue weighted by Gasteiger charge is -2.13. The second-order valence-corrected chi connectivity index (χ2v) is 7.98. The van der Waals surface area contributed by atoms with Crippen molar-refractivity contribution in [3.63, 3.8) is 0 Å². The van der Waals surface area contributed by atoms with Gasteiger partial charge >= 0.3 is 0 Å². The Morgan fingerprint density at radius 3 is 2.24 bits per heavy atom. The molecular weight excluding hydrogens is 397 g/mol. The summed E-state index contributed by atoms with van der Waals surface area (Å²) in [6, 6.07) is 8.19. The second kappa shape index (κ2) is 6.16. The van der Waals surface area contributed by atoms with Crippen molar-refractivity contribution in [2.45, 2.75) is 18.7 Å². The number of anilines is 1. The first-order valence-electron chi connectivity index (χ1n) is 5.95. The van der Waals surface area contributed by atoms with E-state index in [0.29, 0.717) is 16.3 Å². The van der Waals surface area contributed by atoms with Gasteiger partial charge in [0, 0.05) is 4.47 Å². The van der Waals surface area contributed by atoms with Gasteiger partial charge in [0.05, 0.1) is 20.6 Å². The zero-order valence-electron chi connectivity index (χ0n) is 11.2. The topological polar surface area (TPSA) is 46.2 Å². The Morgan fingerprint density at radius 2 is 1.62 bits per heavy atom. The molecule has 0 amide bonds. The molecular formula is C14H12BrCl2NO2S. The molecule has 1 N–H and O–H groups in total. The fourth-order valence-corrected chi connectivity index (χ4v) is 4.17. The summed E-state index contributed by atoms with van der Waals surface area (Å²) in [5, 5.41) is 0.531. The average molecular weight is 409 g/mol. The van der Waals surface area contributed by atoms with Crippen LogP contribution in [-0.2, 0) is 10.0 Å². The molecule has 0 atom stereocenters. The van der Waals surface area contributed by atoms with Crippen LogP contribution < -0.4 is 4.72 Å². The van der Waals surface area contributed by atoms with Crippen LogP contribution in [0.3, 0.4) is 0 Å². The summed E-state index contributed by atoms with van der Waals surface area (Å²) < 4.78 is 28.4. The van der Waals surface area contributed by atoms with E-state index in [0.717, 1.165) is 10.0 Å². The molecule has 0 aliphatic carbocycles. The predicted octanol–water partition coefficient (Wildman–Crippen LogP) is 5.17. The van der Waals surface area contributed by atoms with Crippen molar-refractivity contribution in [1.82, 2.24) is 0 Å². The molecule has 0 unspecified atom stereocenters. The first-order chi connectivity index (χ1) is 9.70. The molecule has 3 nitrogen and oxygen atoms in total. The fourth-order valence-electron chi connectivity index (χ4n) is 1.86. The lowest BCUT2D eigenvalue weighted by molar-refractivity contribution is 0.600. The van der Waals surface area contributed by atoms with Crippen molar-refractivity contribution in [2.75, 3.05) is 4.72 Å². The fraction of sp³-hybridized carbons (Fsp3) is 0.143. The minimum atomic E-state index is -3.73. The van der Waals surface area contributed by atoms with E-state index in [1.54, 1.807) is 19.1 Å². The second-order valence-electron chi connectivity index (χ2n) is 4.60. The summed E-state index contributed by atoms with van der Waals surface area (Å²) in [7, 11) is -3.73. The Balaban J connectivity index is 2.46. The third-order valence-electron chi connectivity index (χ3n) is 2.94. The Labute approximate surface area is 142 Å². The smallest absolute Gasteiger partial charge is 0.262 e. The van der Waals surface area contributed by atoms with Crippen LogP contribution in [0, 0.1) is 13.8 Å². The Morgan fingerprint density at radius 1 is 1.00 bits per heavy atom. The summed E-state index contributed by atoms with van der Waals surface area (Å²) >= 11 is 15.1. The molecule has 0 aliphatic heterocycles. The van der Waals surface area contributed by atoms with Crippen molar-refractivity contribution in [2.24, 2.45) is 0 Å². The maximum absolute atomic E-state index is 12.5. The molecule has 21 heavy (non-hydrogen) atoms. The van der Waals surface area contributed by atoms with Crippen LogP contribution in [0.25, 0.3) is 0 Å². The zero-order chi connectivity index (χ0) is 15.8. The molecule has 0 bridgehead atoms. The van der Waals surface area contributed by atoms with Gasteiger partial charge in [-0.25, -0.2) is 8.42 Å². The number of benzene rings is 2. The Kier molecular flexibility index (Phi) is 4.88. The van der Waals surface area contributed by atoms with Gasteiger partial charge in [0.1, 0.15) is 0 Å². The van der Waals surface area contributed by atoms with Crippen LogP contribution in [0.4, 0.5) is 5.69 Å². The molecule has 0 heterocycles. The van der Waals surface area contributed by atoms with E-state index in [4.69, 9.17) is 23.2 Å². The van der Waals surface area contributed by atoms with Crippen LogP contribution in [0.15, 0.2) is 39.7 Å². The highest BCUT2D eigenvalue weighted by Gasteiger charge is 2.19. The molecule has 112 valence electrons. The normalized spacial score (nSPS) is 11.5. The summed E-state index contributed by atoms with van der Waals surface area (Å²) in [4.78, 5) is 0.110. The molecule has 0 saturated heterocycles. The van der Waals surface area contributed by atoms with Gasteiger partial charge in [-0.05, 0) is 55.3 Å². The number of hydrogen-bond donors (Lipinski definition) is 1. The van der Waals surface area contributed by atoms with Gasteiger partial charge in [0.2, 0.25) is 0 Å². The van der Waals surface area contributed by atoms with E-state index >= 15 is 0 Å². The van der Waals surface area contributed by atoms with E-state index in [-0.39, 0.29) is 9.92 Å². The average Bonchev–Trinajstić information content (AvgIpc) is 2.37. The van der Waals surface area contributed by atoms with Crippen LogP contribution in [-0.4, -0.2) is 8.42 Å². The quantitative estimate of drug-likeness (QED) is 0.760. The van der Waals surface area contributed by atoms with E-state index in [2.05, 4.69) is 20.7 Å². The van der Waals surface area contributed by atoms with Gasteiger partial charge in [0.25, 0.3) is 10.0 Å². The summed E-state index contributed by atoms with van der Waals surface area (Å²) in [6.07, 6.45) is 0. The number of hydrogen-bond acceptors (Lipinski definition) is 2. The van der Waals surface area contributed by atoms with Crippen LogP contribution in [0.2, 0.25) is 10.0 Å². The Hall–Kier alpha value is -0.750. The van der Waals surface area contributed by atoms with Gasteiger partial charge in [-0.3, -0.25) is 4.72 Å².